The number of rotatable bonds is 3. The molecule has 0 atom stereocenters. The zero-order chi connectivity index (χ0) is 28.3. The number of benzene rings is 7. The van der Waals surface area contributed by atoms with Gasteiger partial charge >= 0.3 is 0 Å². The molecule has 0 saturated carbocycles. The molecular formula is C39H23N3S. The summed E-state index contributed by atoms with van der Waals surface area (Å²) in [6.07, 6.45) is 0. The summed E-state index contributed by atoms with van der Waals surface area (Å²) in [6.45, 7) is 0. The van der Waals surface area contributed by atoms with Gasteiger partial charge in [0, 0.05) is 42.2 Å². The van der Waals surface area contributed by atoms with Crippen LogP contribution in [0.5, 0.6) is 0 Å². The Morgan fingerprint density at radius 3 is 1.81 bits per heavy atom. The van der Waals surface area contributed by atoms with Crippen LogP contribution in [0.25, 0.3) is 86.7 Å². The van der Waals surface area contributed by atoms with Crippen LogP contribution >= 0.6 is 11.3 Å². The fourth-order valence-electron chi connectivity index (χ4n) is 6.36. The van der Waals surface area contributed by atoms with Crippen molar-refractivity contribution in [3.63, 3.8) is 0 Å². The van der Waals surface area contributed by atoms with Crippen molar-refractivity contribution in [3.05, 3.63) is 140 Å². The number of thiophene rings is 1. The van der Waals surface area contributed by atoms with E-state index in [4.69, 9.17) is 15.0 Å². The lowest BCUT2D eigenvalue weighted by atomic mass is 9.94. The zero-order valence-electron chi connectivity index (χ0n) is 23.0. The van der Waals surface area contributed by atoms with Gasteiger partial charge in [0.05, 0.1) is 0 Å². The molecule has 0 N–H and O–H groups in total. The SMILES string of the molecule is c1ccc(-c2nc(-c3cccc4ccc5c6ccccc6ccc5c34)nc(-c3cccc4sc5ccccc5c34)n2)cc1. The molecule has 0 unspecified atom stereocenters. The fourth-order valence-corrected chi connectivity index (χ4v) is 7.49. The molecule has 43 heavy (non-hydrogen) atoms. The lowest BCUT2D eigenvalue weighted by molar-refractivity contribution is 1.08. The van der Waals surface area contributed by atoms with Gasteiger partial charge in [0.1, 0.15) is 0 Å². The van der Waals surface area contributed by atoms with Gasteiger partial charge in [0.25, 0.3) is 0 Å². The molecule has 3 nitrogen and oxygen atoms in total. The van der Waals surface area contributed by atoms with Crippen LogP contribution in [-0.4, -0.2) is 15.0 Å². The zero-order valence-corrected chi connectivity index (χ0v) is 23.8. The molecule has 2 aromatic heterocycles. The Morgan fingerprint density at radius 2 is 0.953 bits per heavy atom. The second-order valence-electron chi connectivity index (χ2n) is 10.8. The van der Waals surface area contributed by atoms with Gasteiger partial charge in [0.2, 0.25) is 0 Å². The van der Waals surface area contributed by atoms with Crippen LogP contribution in [0.15, 0.2) is 140 Å². The lowest BCUT2D eigenvalue weighted by Gasteiger charge is -2.13. The molecule has 0 radical (unpaired) electrons. The summed E-state index contributed by atoms with van der Waals surface area (Å²) >= 11 is 1.80. The molecule has 0 aliphatic carbocycles. The van der Waals surface area contributed by atoms with E-state index in [1.54, 1.807) is 11.3 Å². The molecule has 9 rings (SSSR count). The van der Waals surface area contributed by atoms with E-state index in [2.05, 4.69) is 121 Å². The van der Waals surface area contributed by atoms with Crippen LogP contribution in [-0.2, 0) is 0 Å². The second kappa shape index (κ2) is 9.55. The summed E-state index contributed by atoms with van der Waals surface area (Å²) in [5, 5.41) is 9.63. The van der Waals surface area contributed by atoms with Crippen molar-refractivity contribution in [2.75, 3.05) is 0 Å². The third-order valence-corrected chi connectivity index (χ3v) is 9.45. The quantitative estimate of drug-likeness (QED) is 0.200. The summed E-state index contributed by atoms with van der Waals surface area (Å²) in [7, 11) is 0. The molecule has 0 fully saturated rings. The molecule has 7 aromatic carbocycles. The van der Waals surface area contributed by atoms with E-state index in [0.717, 1.165) is 27.5 Å². The number of nitrogens with zero attached hydrogens (tertiary/aromatic N) is 3. The maximum Gasteiger partial charge on any atom is 0.164 e. The van der Waals surface area contributed by atoms with Crippen molar-refractivity contribution in [2.45, 2.75) is 0 Å². The summed E-state index contributed by atoms with van der Waals surface area (Å²) in [4.78, 5) is 15.5. The molecule has 0 bridgehead atoms. The van der Waals surface area contributed by atoms with E-state index in [0.29, 0.717) is 17.5 Å². The van der Waals surface area contributed by atoms with Crippen LogP contribution < -0.4 is 0 Å². The molecule has 4 heteroatoms. The average Bonchev–Trinajstić information content (AvgIpc) is 3.47. The molecule has 0 aliphatic rings. The summed E-state index contributed by atoms with van der Waals surface area (Å²) in [6, 6.07) is 49.1. The first kappa shape index (κ1) is 24.2. The summed E-state index contributed by atoms with van der Waals surface area (Å²) in [5.41, 5.74) is 2.99. The largest absolute Gasteiger partial charge is 0.208 e. The molecule has 9 aromatic rings. The van der Waals surface area contributed by atoms with Gasteiger partial charge in [-0.15, -0.1) is 11.3 Å². The molecule has 0 aliphatic heterocycles. The van der Waals surface area contributed by atoms with E-state index in [-0.39, 0.29) is 0 Å². The highest BCUT2D eigenvalue weighted by Crippen LogP contribution is 2.41. The predicted octanol–water partition coefficient (Wildman–Crippen LogP) is 10.7. The summed E-state index contributed by atoms with van der Waals surface area (Å²) < 4.78 is 2.49. The van der Waals surface area contributed by atoms with Crippen molar-refractivity contribution in [3.8, 4) is 34.2 Å². The minimum absolute atomic E-state index is 0.667. The number of hydrogen-bond acceptors (Lipinski definition) is 4. The van der Waals surface area contributed by atoms with Gasteiger partial charge < -0.3 is 0 Å². The highest BCUT2D eigenvalue weighted by atomic mass is 32.1. The fraction of sp³-hybridized carbons (Fsp3) is 0. The Labute approximate surface area is 251 Å². The second-order valence-corrected chi connectivity index (χ2v) is 11.9. The first-order valence-electron chi connectivity index (χ1n) is 14.4. The van der Waals surface area contributed by atoms with Gasteiger partial charge in [0.15, 0.2) is 17.5 Å². The Balaban J connectivity index is 1.37. The van der Waals surface area contributed by atoms with Crippen LogP contribution in [0.2, 0.25) is 0 Å². The maximum absolute atomic E-state index is 5.24. The van der Waals surface area contributed by atoms with Crippen LogP contribution in [0.3, 0.4) is 0 Å². The molecular weight excluding hydrogens is 543 g/mol. The van der Waals surface area contributed by atoms with E-state index in [9.17, 15) is 0 Å². The average molecular weight is 566 g/mol. The van der Waals surface area contributed by atoms with E-state index in [1.165, 1.54) is 41.7 Å². The normalized spacial score (nSPS) is 11.7. The molecule has 2 heterocycles. The van der Waals surface area contributed by atoms with E-state index < -0.39 is 0 Å². The topological polar surface area (TPSA) is 38.7 Å². The monoisotopic (exact) mass is 565 g/mol. The van der Waals surface area contributed by atoms with Gasteiger partial charge in [-0.25, -0.2) is 15.0 Å². The van der Waals surface area contributed by atoms with Crippen LogP contribution in [0.4, 0.5) is 0 Å². The Morgan fingerprint density at radius 1 is 0.349 bits per heavy atom. The van der Waals surface area contributed by atoms with E-state index in [1.807, 2.05) is 18.2 Å². The number of fused-ring (bicyclic) bond motifs is 8. The Kier molecular flexibility index (Phi) is 5.37. The first-order chi connectivity index (χ1) is 21.3. The summed E-state index contributed by atoms with van der Waals surface area (Å²) in [5.74, 6) is 2.02. The highest BCUT2D eigenvalue weighted by Gasteiger charge is 2.18. The van der Waals surface area contributed by atoms with Gasteiger partial charge in [-0.3, -0.25) is 0 Å². The van der Waals surface area contributed by atoms with Gasteiger partial charge in [-0.2, -0.15) is 0 Å². The minimum atomic E-state index is 0.667. The van der Waals surface area contributed by atoms with Crippen molar-refractivity contribution in [1.29, 1.82) is 0 Å². The third kappa shape index (κ3) is 3.84. The Bertz CT molecular complexity index is 2510. The molecule has 200 valence electrons. The van der Waals surface area contributed by atoms with Crippen molar-refractivity contribution in [2.24, 2.45) is 0 Å². The maximum atomic E-state index is 5.24. The third-order valence-electron chi connectivity index (χ3n) is 8.32. The lowest BCUT2D eigenvalue weighted by Crippen LogP contribution is -2.01. The smallest absolute Gasteiger partial charge is 0.164 e. The van der Waals surface area contributed by atoms with Gasteiger partial charge in [-0.05, 0) is 39.1 Å². The molecule has 0 spiro atoms. The van der Waals surface area contributed by atoms with Crippen molar-refractivity contribution < 1.29 is 0 Å². The minimum Gasteiger partial charge on any atom is -0.208 e. The molecule has 0 amide bonds. The van der Waals surface area contributed by atoms with E-state index >= 15 is 0 Å². The van der Waals surface area contributed by atoms with Crippen LogP contribution in [0, 0.1) is 0 Å². The highest BCUT2D eigenvalue weighted by molar-refractivity contribution is 7.25. The van der Waals surface area contributed by atoms with Crippen LogP contribution in [0.1, 0.15) is 0 Å². The number of hydrogen-bond donors (Lipinski definition) is 0. The standard InChI is InChI=1S/C39H23N3S/c1-2-11-26(12-3-1)37-40-38(42-39(41-37)32-17-9-19-34-36(32)30-15-6-7-18-33(30)43-34)31-16-8-13-25-21-22-28-27-14-5-4-10-24(27)20-23-29(28)35(25)31/h1-23H. The predicted molar refractivity (Wildman–Crippen MR) is 182 cm³/mol. The van der Waals surface area contributed by atoms with Gasteiger partial charge in [-0.1, -0.05) is 127 Å². The number of aromatic nitrogens is 3. The van der Waals surface area contributed by atoms with Crippen molar-refractivity contribution in [1.82, 2.24) is 15.0 Å². The van der Waals surface area contributed by atoms with Crippen molar-refractivity contribution >= 4 is 63.8 Å². The molecule has 0 saturated heterocycles. The first-order valence-corrected chi connectivity index (χ1v) is 15.2. The Hall–Kier alpha value is -5.45.